The van der Waals surface area contributed by atoms with Crippen LogP contribution in [0.5, 0.6) is 11.5 Å². The van der Waals surface area contributed by atoms with Crippen molar-refractivity contribution in [3.8, 4) is 28.8 Å². The van der Waals surface area contributed by atoms with Crippen LogP contribution in [0.25, 0.3) is 11.3 Å². The zero-order chi connectivity index (χ0) is 20.8. The maximum Gasteiger partial charge on any atom is 0.267 e. The molecule has 0 spiro atoms. The van der Waals surface area contributed by atoms with Crippen LogP contribution in [-0.4, -0.2) is 29.9 Å². The number of hydrogen-bond acceptors (Lipinski definition) is 6. The summed E-state index contributed by atoms with van der Waals surface area (Å²) in [6.07, 6.45) is 0. The number of hydrogen-bond donors (Lipinski definition) is 1. The van der Waals surface area contributed by atoms with Crippen molar-refractivity contribution in [2.24, 2.45) is 0 Å². The first-order valence-corrected chi connectivity index (χ1v) is 8.65. The Morgan fingerprint density at radius 1 is 1.10 bits per heavy atom. The molecule has 0 bridgehead atoms. The summed E-state index contributed by atoms with van der Waals surface area (Å²) < 4.78 is 11.6. The highest BCUT2D eigenvalue weighted by atomic mass is 16.5. The van der Waals surface area contributed by atoms with Crippen molar-refractivity contribution >= 4 is 11.6 Å². The summed E-state index contributed by atoms with van der Waals surface area (Å²) in [5.74, 6) is 0.627. The Morgan fingerprint density at radius 2 is 1.86 bits per heavy atom. The molecule has 3 aromatic rings. The third-order valence-electron chi connectivity index (χ3n) is 4.16. The van der Waals surface area contributed by atoms with Crippen LogP contribution in [0.1, 0.15) is 5.56 Å². The molecule has 1 N–H and O–H groups in total. The number of para-hydroxylation sites is 1. The van der Waals surface area contributed by atoms with Gasteiger partial charge in [0.2, 0.25) is 5.91 Å². The number of benzene rings is 2. The molecular weight excluding hydrogens is 372 g/mol. The number of amides is 1. The molecule has 1 amide bonds. The van der Waals surface area contributed by atoms with Gasteiger partial charge in [0.1, 0.15) is 12.6 Å². The third-order valence-corrected chi connectivity index (χ3v) is 4.16. The van der Waals surface area contributed by atoms with Crippen molar-refractivity contribution in [1.29, 1.82) is 5.26 Å². The molecule has 0 saturated carbocycles. The van der Waals surface area contributed by atoms with Crippen LogP contribution >= 0.6 is 0 Å². The lowest BCUT2D eigenvalue weighted by Crippen LogP contribution is -2.29. The average Bonchev–Trinajstić information content (AvgIpc) is 2.75. The van der Waals surface area contributed by atoms with Gasteiger partial charge >= 0.3 is 0 Å². The van der Waals surface area contributed by atoms with E-state index >= 15 is 0 Å². The molecule has 0 unspecified atom stereocenters. The Kier molecular flexibility index (Phi) is 5.90. The van der Waals surface area contributed by atoms with Crippen LogP contribution in [0.15, 0.2) is 59.4 Å². The van der Waals surface area contributed by atoms with E-state index < -0.39 is 11.5 Å². The number of aromatic nitrogens is 2. The van der Waals surface area contributed by atoms with Gasteiger partial charge in [-0.1, -0.05) is 12.1 Å². The molecule has 146 valence electrons. The molecule has 3 rings (SSSR count). The van der Waals surface area contributed by atoms with Gasteiger partial charge in [-0.15, -0.1) is 0 Å². The molecule has 0 fully saturated rings. The highest BCUT2D eigenvalue weighted by Crippen LogP contribution is 2.31. The Morgan fingerprint density at radius 3 is 2.59 bits per heavy atom. The van der Waals surface area contributed by atoms with E-state index in [1.165, 1.54) is 13.2 Å². The van der Waals surface area contributed by atoms with Gasteiger partial charge in [0.05, 0.1) is 31.2 Å². The lowest BCUT2D eigenvalue weighted by molar-refractivity contribution is -0.117. The monoisotopic (exact) mass is 390 g/mol. The Bertz CT molecular complexity index is 1150. The molecule has 8 nitrogen and oxygen atoms in total. The largest absolute Gasteiger partial charge is 0.493 e. The van der Waals surface area contributed by atoms with E-state index in [0.29, 0.717) is 34.0 Å². The summed E-state index contributed by atoms with van der Waals surface area (Å²) in [4.78, 5) is 24.5. The number of nitrogens with zero attached hydrogens (tertiary/aromatic N) is 3. The van der Waals surface area contributed by atoms with Crippen molar-refractivity contribution in [3.63, 3.8) is 0 Å². The van der Waals surface area contributed by atoms with Gasteiger partial charge < -0.3 is 14.8 Å². The van der Waals surface area contributed by atoms with E-state index in [-0.39, 0.29) is 6.54 Å². The van der Waals surface area contributed by atoms with Crippen LogP contribution in [-0.2, 0) is 11.3 Å². The third kappa shape index (κ3) is 4.42. The van der Waals surface area contributed by atoms with Crippen LogP contribution in [0.3, 0.4) is 0 Å². The highest BCUT2D eigenvalue weighted by molar-refractivity contribution is 5.91. The number of rotatable bonds is 6. The predicted molar refractivity (Wildman–Crippen MR) is 107 cm³/mol. The number of methoxy groups -OCH3 is 2. The van der Waals surface area contributed by atoms with E-state index in [1.807, 2.05) is 6.07 Å². The maximum absolute atomic E-state index is 12.4. The minimum absolute atomic E-state index is 0.292. The minimum Gasteiger partial charge on any atom is -0.493 e. The van der Waals surface area contributed by atoms with Crippen LogP contribution in [0.4, 0.5) is 5.69 Å². The molecule has 1 aromatic heterocycles. The van der Waals surface area contributed by atoms with Crippen LogP contribution < -0.4 is 20.3 Å². The molecule has 0 aliphatic heterocycles. The molecule has 0 aliphatic carbocycles. The predicted octanol–water partition coefficient (Wildman–Crippen LogP) is 2.44. The van der Waals surface area contributed by atoms with Crippen LogP contribution in [0.2, 0.25) is 0 Å². The molecule has 0 aliphatic rings. The molecule has 0 atom stereocenters. The summed E-state index contributed by atoms with van der Waals surface area (Å²) in [7, 11) is 3.07. The number of anilines is 1. The summed E-state index contributed by atoms with van der Waals surface area (Å²) in [6, 6.07) is 16.8. The van der Waals surface area contributed by atoms with Gasteiger partial charge in [-0.2, -0.15) is 10.4 Å². The van der Waals surface area contributed by atoms with Gasteiger partial charge in [-0.3, -0.25) is 9.59 Å². The van der Waals surface area contributed by atoms with E-state index in [9.17, 15) is 9.59 Å². The topological polar surface area (TPSA) is 106 Å². The van der Waals surface area contributed by atoms with Gasteiger partial charge in [0.15, 0.2) is 11.5 Å². The average molecular weight is 390 g/mol. The number of nitrogens with one attached hydrogen (secondary N) is 1. The Hall–Kier alpha value is -4.12. The molecule has 29 heavy (non-hydrogen) atoms. The number of carbonyl (C=O) groups excluding carboxylic acids is 1. The van der Waals surface area contributed by atoms with E-state index in [0.717, 1.165) is 4.68 Å². The zero-order valence-corrected chi connectivity index (χ0v) is 15.9. The van der Waals surface area contributed by atoms with Crippen molar-refractivity contribution in [3.05, 3.63) is 70.5 Å². The van der Waals surface area contributed by atoms with Crippen molar-refractivity contribution in [1.82, 2.24) is 9.78 Å². The normalized spacial score (nSPS) is 10.1. The first-order valence-electron chi connectivity index (χ1n) is 8.65. The van der Waals surface area contributed by atoms with E-state index in [1.54, 1.807) is 55.6 Å². The van der Waals surface area contributed by atoms with E-state index in [2.05, 4.69) is 10.4 Å². The molecular formula is C21H18N4O4. The number of nitriles is 1. The van der Waals surface area contributed by atoms with Crippen molar-refractivity contribution < 1.29 is 14.3 Å². The molecule has 8 heteroatoms. The fourth-order valence-electron chi connectivity index (χ4n) is 2.73. The first kappa shape index (κ1) is 19.6. The molecule has 0 radical (unpaired) electrons. The van der Waals surface area contributed by atoms with Crippen molar-refractivity contribution in [2.75, 3.05) is 19.5 Å². The smallest absolute Gasteiger partial charge is 0.267 e. The van der Waals surface area contributed by atoms with Gasteiger partial charge in [-0.25, -0.2) is 4.68 Å². The standard InChI is InChI=1S/C21H18N4O4/c1-28-18-9-7-14(11-19(18)29-2)17-8-10-21(27)25(24-17)13-20(26)23-16-6-4-3-5-15(16)12-22/h3-11H,13H2,1-2H3,(H,23,26). The number of ether oxygens (including phenoxy) is 2. The summed E-state index contributed by atoms with van der Waals surface area (Å²) in [5, 5.41) is 16.0. The summed E-state index contributed by atoms with van der Waals surface area (Å²) in [5.41, 5.74) is 1.49. The second-order valence-electron chi connectivity index (χ2n) is 5.99. The lowest BCUT2D eigenvalue weighted by Gasteiger charge is -2.11. The SMILES string of the molecule is COc1ccc(-c2ccc(=O)n(CC(=O)Nc3ccccc3C#N)n2)cc1OC. The fourth-order valence-corrected chi connectivity index (χ4v) is 2.73. The molecule has 2 aromatic carbocycles. The van der Waals surface area contributed by atoms with Crippen LogP contribution in [0, 0.1) is 11.3 Å². The Balaban J connectivity index is 1.85. The first-order chi connectivity index (χ1) is 14.0. The van der Waals surface area contributed by atoms with Crippen molar-refractivity contribution in [2.45, 2.75) is 6.54 Å². The lowest BCUT2D eigenvalue weighted by atomic mass is 10.1. The fraction of sp³-hybridized carbons (Fsp3) is 0.143. The summed E-state index contributed by atoms with van der Waals surface area (Å²) in [6.45, 7) is -0.292. The second kappa shape index (κ2) is 8.71. The molecule has 0 saturated heterocycles. The Labute approximate surface area is 166 Å². The van der Waals surface area contributed by atoms with E-state index in [4.69, 9.17) is 14.7 Å². The maximum atomic E-state index is 12.4. The summed E-state index contributed by atoms with van der Waals surface area (Å²) >= 11 is 0. The molecule has 1 heterocycles. The zero-order valence-electron chi connectivity index (χ0n) is 15.9. The van der Waals surface area contributed by atoms with Gasteiger partial charge in [-0.05, 0) is 36.4 Å². The minimum atomic E-state index is -0.466. The second-order valence-corrected chi connectivity index (χ2v) is 5.99. The van der Waals surface area contributed by atoms with Gasteiger partial charge in [0, 0.05) is 11.6 Å². The quantitative estimate of drug-likeness (QED) is 0.693. The highest BCUT2D eigenvalue weighted by Gasteiger charge is 2.12. The van der Waals surface area contributed by atoms with Gasteiger partial charge in [0.25, 0.3) is 5.56 Å². The number of carbonyl (C=O) groups is 1.